The highest BCUT2D eigenvalue weighted by molar-refractivity contribution is 6.30. The zero-order chi connectivity index (χ0) is 13.8. The lowest BCUT2D eigenvalue weighted by Crippen LogP contribution is -2.42. The molecular formula is C14H16ClNO3. The van der Waals surface area contributed by atoms with Gasteiger partial charge in [0.15, 0.2) is 0 Å². The van der Waals surface area contributed by atoms with Crippen molar-refractivity contribution < 1.29 is 14.7 Å². The van der Waals surface area contributed by atoms with Crippen LogP contribution >= 0.6 is 11.6 Å². The molecule has 0 spiro atoms. The minimum atomic E-state index is -0.819. The molecule has 0 saturated carbocycles. The van der Waals surface area contributed by atoms with Crippen molar-refractivity contribution in [1.82, 2.24) is 4.90 Å². The van der Waals surface area contributed by atoms with Gasteiger partial charge in [-0.05, 0) is 30.5 Å². The zero-order valence-corrected chi connectivity index (χ0v) is 11.3. The maximum Gasteiger partial charge on any atom is 0.308 e. The number of carboxylic acids is 1. The van der Waals surface area contributed by atoms with E-state index in [4.69, 9.17) is 16.7 Å². The number of halogens is 1. The molecule has 1 aliphatic rings. The van der Waals surface area contributed by atoms with E-state index in [0.717, 1.165) is 12.0 Å². The molecule has 102 valence electrons. The van der Waals surface area contributed by atoms with Crippen LogP contribution in [-0.4, -0.2) is 35.0 Å². The van der Waals surface area contributed by atoms with Gasteiger partial charge in [0.2, 0.25) is 5.91 Å². The van der Waals surface area contributed by atoms with Crippen molar-refractivity contribution in [2.45, 2.75) is 19.3 Å². The molecule has 2 rings (SSSR count). The fourth-order valence-corrected chi connectivity index (χ4v) is 2.55. The molecule has 1 atom stereocenters. The Balaban J connectivity index is 1.98. The Morgan fingerprint density at radius 1 is 1.42 bits per heavy atom. The van der Waals surface area contributed by atoms with E-state index < -0.39 is 11.9 Å². The van der Waals surface area contributed by atoms with Gasteiger partial charge in [0.25, 0.3) is 0 Å². The van der Waals surface area contributed by atoms with Gasteiger partial charge in [-0.25, -0.2) is 0 Å². The first-order chi connectivity index (χ1) is 9.06. The molecule has 5 heteroatoms. The maximum atomic E-state index is 12.1. The lowest BCUT2D eigenvalue weighted by atomic mass is 9.97. The number of rotatable bonds is 3. The number of amides is 1. The van der Waals surface area contributed by atoms with Crippen LogP contribution in [0.25, 0.3) is 0 Å². The van der Waals surface area contributed by atoms with Crippen molar-refractivity contribution in [3.05, 3.63) is 34.9 Å². The molecule has 19 heavy (non-hydrogen) atoms. The highest BCUT2D eigenvalue weighted by atomic mass is 35.5. The summed E-state index contributed by atoms with van der Waals surface area (Å²) in [5, 5.41) is 9.61. The summed E-state index contributed by atoms with van der Waals surface area (Å²) in [6.07, 6.45) is 1.67. The summed E-state index contributed by atoms with van der Waals surface area (Å²) in [6, 6.07) is 7.18. The molecule has 0 radical (unpaired) electrons. The van der Waals surface area contributed by atoms with Gasteiger partial charge in [0, 0.05) is 18.1 Å². The lowest BCUT2D eigenvalue weighted by molar-refractivity contribution is -0.145. The standard InChI is InChI=1S/C14H16ClNO3/c15-12-5-1-3-10(7-12)8-13(17)16-6-2-4-11(9-16)14(18)19/h1,3,5,7,11H,2,4,6,8-9H2,(H,18,19)/t11-/m1/s1. The summed E-state index contributed by atoms with van der Waals surface area (Å²) in [6.45, 7) is 0.956. The summed E-state index contributed by atoms with van der Waals surface area (Å²) >= 11 is 5.88. The van der Waals surface area contributed by atoms with E-state index in [1.165, 1.54) is 0 Å². The predicted molar refractivity (Wildman–Crippen MR) is 72.1 cm³/mol. The molecule has 0 aromatic heterocycles. The van der Waals surface area contributed by atoms with E-state index in [1.54, 1.807) is 23.1 Å². The van der Waals surface area contributed by atoms with Gasteiger partial charge < -0.3 is 10.0 Å². The first-order valence-corrected chi connectivity index (χ1v) is 6.69. The Hall–Kier alpha value is -1.55. The van der Waals surface area contributed by atoms with Crippen LogP contribution in [0.3, 0.4) is 0 Å². The molecular weight excluding hydrogens is 266 g/mol. The summed E-state index contributed by atoms with van der Waals surface area (Å²) in [7, 11) is 0. The van der Waals surface area contributed by atoms with Crippen LogP contribution in [0.4, 0.5) is 0 Å². The second-order valence-corrected chi connectivity index (χ2v) is 5.26. The molecule has 1 aliphatic heterocycles. The van der Waals surface area contributed by atoms with E-state index >= 15 is 0 Å². The van der Waals surface area contributed by atoms with Crippen molar-refractivity contribution in [2.75, 3.05) is 13.1 Å². The SMILES string of the molecule is O=C(O)[C@@H]1CCCN(C(=O)Cc2cccc(Cl)c2)C1. The minimum absolute atomic E-state index is 0.0341. The smallest absolute Gasteiger partial charge is 0.308 e. The highest BCUT2D eigenvalue weighted by Crippen LogP contribution is 2.18. The summed E-state index contributed by atoms with van der Waals surface area (Å²) in [5.74, 6) is -1.29. The number of carboxylic acid groups (broad SMARTS) is 1. The molecule has 0 unspecified atom stereocenters. The van der Waals surface area contributed by atoms with Crippen molar-refractivity contribution in [3.8, 4) is 0 Å². The third-order valence-electron chi connectivity index (χ3n) is 3.37. The van der Waals surface area contributed by atoms with Crippen LogP contribution in [0.5, 0.6) is 0 Å². The van der Waals surface area contributed by atoms with E-state index in [-0.39, 0.29) is 12.3 Å². The number of aliphatic carboxylic acids is 1. The molecule has 1 aromatic carbocycles. The monoisotopic (exact) mass is 281 g/mol. The summed E-state index contributed by atoms with van der Waals surface area (Å²) in [4.78, 5) is 24.7. The fourth-order valence-electron chi connectivity index (χ4n) is 2.34. The van der Waals surface area contributed by atoms with Crippen LogP contribution in [0.1, 0.15) is 18.4 Å². The highest BCUT2D eigenvalue weighted by Gasteiger charge is 2.27. The Bertz CT molecular complexity index is 489. The number of hydrogen-bond acceptors (Lipinski definition) is 2. The average Bonchev–Trinajstić information content (AvgIpc) is 2.39. The molecule has 1 saturated heterocycles. The molecule has 1 amide bonds. The Morgan fingerprint density at radius 3 is 2.89 bits per heavy atom. The van der Waals surface area contributed by atoms with E-state index in [0.29, 0.717) is 24.5 Å². The Labute approximate surface area is 117 Å². The van der Waals surface area contributed by atoms with Gasteiger partial charge in [-0.1, -0.05) is 23.7 Å². The third kappa shape index (κ3) is 3.70. The first-order valence-electron chi connectivity index (χ1n) is 6.31. The van der Waals surface area contributed by atoms with Gasteiger partial charge in [-0.3, -0.25) is 9.59 Å². The Kier molecular flexibility index (Phi) is 4.43. The fraction of sp³-hybridized carbons (Fsp3) is 0.429. The average molecular weight is 282 g/mol. The van der Waals surface area contributed by atoms with Crippen LogP contribution in [0.15, 0.2) is 24.3 Å². The largest absolute Gasteiger partial charge is 0.481 e. The number of piperidine rings is 1. The molecule has 1 heterocycles. The quantitative estimate of drug-likeness (QED) is 0.924. The number of nitrogens with zero attached hydrogens (tertiary/aromatic N) is 1. The molecule has 0 aliphatic carbocycles. The van der Waals surface area contributed by atoms with Gasteiger partial charge >= 0.3 is 5.97 Å². The second-order valence-electron chi connectivity index (χ2n) is 4.82. The number of benzene rings is 1. The first kappa shape index (κ1) is 13.9. The molecule has 1 N–H and O–H groups in total. The predicted octanol–water partition coefficient (Wildman–Crippen LogP) is 2.21. The second kappa shape index (κ2) is 6.06. The van der Waals surface area contributed by atoms with Crippen molar-refractivity contribution >= 4 is 23.5 Å². The molecule has 1 fully saturated rings. The van der Waals surface area contributed by atoms with Gasteiger partial charge in [-0.2, -0.15) is 0 Å². The van der Waals surface area contributed by atoms with Gasteiger partial charge in [0.05, 0.1) is 12.3 Å². The van der Waals surface area contributed by atoms with E-state index in [2.05, 4.69) is 0 Å². The van der Waals surface area contributed by atoms with Gasteiger partial charge in [-0.15, -0.1) is 0 Å². The maximum absolute atomic E-state index is 12.1. The van der Waals surface area contributed by atoms with Crippen LogP contribution in [0, 0.1) is 5.92 Å². The van der Waals surface area contributed by atoms with Crippen LogP contribution in [0.2, 0.25) is 5.02 Å². The molecule has 1 aromatic rings. The number of hydrogen-bond donors (Lipinski definition) is 1. The topological polar surface area (TPSA) is 57.6 Å². The van der Waals surface area contributed by atoms with Crippen molar-refractivity contribution in [2.24, 2.45) is 5.92 Å². The number of likely N-dealkylation sites (tertiary alicyclic amines) is 1. The Morgan fingerprint density at radius 2 is 2.21 bits per heavy atom. The normalized spacial score (nSPS) is 19.2. The van der Waals surface area contributed by atoms with Crippen molar-refractivity contribution in [3.63, 3.8) is 0 Å². The van der Waals surface area contributed by atoms with E-state index in [1.807, 2.05) is 6.07 Å². The lowest BCUT2D eigenvalue weighted by Gasteiger charge is -2.30. The number of carbonyl (C=O) groups is 2. The number of carbonyl (C=O) groups excluding carboxylic acids is 1. The van der Waals surface area contributed by atoms with Crippen molar-refractivity contribution in [1.29, 1.82) is 0 Å². The minimum Gasteiger partial charge on any atom is -0.481 e. The van der Waals surface area contributed by atoms with E-state index in [9.17, 15) is 9.59 Å². The molecule has 0 bridgehead atoms. The summed E-state index contributed by atoms with van der Waals surface area (Å²) in [5.41, 5.74) is 0.856. The summed E-state index contributed by atoms with van der Waals surface area (Å²) < 4.78 is 0. The van der Waals surface area contributed by atoms with Gasteiger partial charge in [0.1, 0.15) is 0 Å². The zero-order valence-electron chi connectivity index (χ0n) is 10.5. The van der Waals surface area contributed by atoms with Crippen LogP contribution < -0.4 is 0 Å². The third-order valence-corrected chi connectivity index (χ3v) is 3.60. The molecule has 4 nitrogen and oxygen atoms in total. The van der Waals surface area contributed by atoms with Crippen LogP contribution in [-0.2, 0) is 16.0 Å².